The molecule has 5 nitrogen and oxygen atoms in total. The smallest absolute Gasteiger partial charge is 0.253 e. The highest BCUT2D eigenvalue weighted by atomic mass is 16.3. The Morgan fingerprint density at radius 2 is 1.95 bits per heavy atom. The maximum absolute atomic E-state index is 12.4. The lowest BCUT2D eigenvalue weighted by Gasteiger charge is -2.19. The minimum absolute atomic E-state index is 0.0802. The van der Waals surface area contributed by atoms with Crippen LogP contribution in [0.15, 0.2) is 47.3 Å². The third-order valence-electron chi connectivity index (χ3n) is 3.52. The first-order chi connectivity index (χ1) is 10.6. The van der Waals surface area contributed by atoms with Crippen LogP contribution in [0.25, 0.3) is 0 Å². The number of H-pyrrole nitrogens is 1. The fourth-order valence-electron chi connectivity index (χ4n) is 2.36. The molecule has 1 atom stereocenters. The number of rotatable bonds is 6. The number of amides is 1. The van der Waals surface area contributed by atoms with Gasteiger partial charge in [-0.25, -0.2) is 0 Å². The van der Waals surface area contributed by atoms with Gasteiger partial charge in [0.1, 0.15) is 0 Å². The first kappa shape index (κ1) is 16.0. The van der Waals surface area contributed by atoms with Crippen molar-refractivity contribution in [2.75, 3.05) is 6.61 Å². The number of carbonyl (C=O) groups is 1. The maximum atomic E-state index is 12.4. The van der Waals surface area contributed by atoms with Crippen LogP contribution in [0.1, 0.15) is 40.5 Å². The van der Waals surface area contributed by atoms with Crippen molar-refractivity contribution < 1.29 is 9.90 Å². The second-order valence-electron chi connectivity index (χ2n) is 5.16. The minimum atomic E-state index is -0.236. The number of aromatic nitrogens is 1. The van der Waals surface area contributed by atoms with Crippen LogP contribution in [0.4, 0.5) is 0 Å². The van der Waals surface area contributed by atoms with Crippen molar-refractivity contribution in [3.8, 4) is 0 Å². The van der Waals surface area contributed by atoms with E-state index in [9.17, 15) is 9.59 Å². The summed E-state index contributed by atoms with van der Waals surface area (Å²) < 4.78 is 0. The molecule has 2 rings (SSSR count). The van der Waals surface area contributed by atoms with E-state index in [1.165, 1.54) is 12.1 Å². The SMILES string of the molecule is Cc1[nH]c(=O)ccc1C(=O)NC(CCCO)c1ccccc1. The van der Waals surface area contributed by atoms with Gasteiger partial charge in [0, 0.05) is 18.4 Å². The zero-order valence-corrected chi connectivity index (χ0v) is 12.5. The summed E-state index contributed by atoms with van der Waals surface area (Å²) in [5.74, 6) is -0.236. The van der Waals surface area contributed by atoms with Crippen LogP contribution in [0.3, 0.4) is 0 Å². The quantitative estimate of drug-likeness (QED) is 0.762. The Balaban J connectivity index is 2.19. The molecule has 1 aromatic heterocycles. The lowest BCUT2D eigenvalue weighted by molar-refractivity contribution is 0.0931. The van der Waals surface area contributed by atoms with E-state index in [4.69, 9.17) is 5.11 Å². The average molecular weight is 300 g/mol. The van der Waals surface area contributed by atoms with Crippen molar-refractivity contribution in [1.29, 1.82) is 0 Å². The average Bonchev–Trinajstić information content (AvgIpc) is 2.52. The molecule has 0 aliphatic heterocycles. The van der Waals surface area contributed by atoms with Gasteiger partial charge in [0.25, 0.3) is 5.91 Å². The normalized spacial score (nSPS) is 11.9. The number of aromatic amines is 1. The van der Waals surface area contributed by atoms with Crippen molar-refractivity contribution in [1.82, 2.24) is 10.3 Å². The number of nitrogens with one attached hydrogen (secondary N) is 2. The number of carbonyl (C=O) groups excluding carboxylic acids is 1. The van der Waals surface area contributed by atoms with Crippen LogP contribution in [0.5, 0.6) is 0 Å². The van der Waals surface area contributed by atoms with Crippen LogP contribution in [-0.2, 0) is 0 Å². The molecule has 0 spiro atoms. The van der Waals surface area contributed by atoms with E-state index in [1.807, 2.05) is 30.3 Å². The number of aliphatic hydroxyl groups excluding tert-OH is 1. The summed E-state index contributed by atoms with van der Waals surface area (Å²) in [5.41, 5.74) is 1.75. The zero-order valence-electron chi connectivity index (χ0n) is 12.5. The molecule has 2 aromatic rings. The van der Waals surface area contributed by atoms with E-state index in [0.29, 0.717) is 24.1 Å². The van der Waals surface area contributed by atoms with Gasteiger partial charge in [0.05, 0.1) is 11.6 Å². The Labute approximate surface area is 129 Å². The van der Waals surface area contributed by atoms with Crippen molar-refractivity contribution in [2.24, 2.45) is 0 Å². The molecule has 0 bridgehead atoms. The van der Waals surface area contributed by atoms with Gasteiger partial charge < -0.3 is 15.4 Å². The Morgan fingerprint density at radius 3 is 2.59 bits per heavy atom. The van der Waals surface area contributed by atoms with E-state index < -0.39 is 0 Å². The lowest BCUT2D eigenvalue weighted by atomic mass is 10.0. The number of aryl methyl sites for hydroxylation is 1. The lowest BCUT2D eigenvalue weighted by Crippen LogP contribution is -2.30. The molecular weight excluding hydrogens is 280 g/mol. The molecule has 3 N–H and O–H groups in total. The zero-order chi connectivity index (χ0) is 15.9. The summed E-state index contributed by atoms with van der Waals surface area (Å²) in [5, 5.41) is 12.0. The van der Waals surface area contributed by atoms with Gasteiger partial charge in [-0.3, -0.25) is 9.59 Å². The molecule has 0 aliphatic carbocycles. The molecule has 1 amide bonds. The molecule has 116 valence electrons. The molecule has 0 fully saturated rings. The molecule has 0 saturated carbocycles. The molecule has 1 heterocycles. The van der Waals surface area contributed by atoms with E-state index in [1.54, 1.807) is 6.92 Å². The predicted molar refractivity (Wildman–Crippen MR) is 84.8 cm³/mol. The van der Waals surface area contributed by atoms with Gasteiger partial charge in [-0.2, -0.15) is 0 Å². The number of hydrogen-bond acceptors (Lipinski definition) is 3. The Morgan fingerprint density at radius 1 is 1.23 bits per heavy atom. The highest BCUT2D eigenvalue weighted by Gasteiger charge is 2.16. The number of aliphatic hydroxyl groups is 1. The second kappa shape index (κ2) is 7.56. The fraction of sp³-hybridized carbons (Fsp3) is 0.294. The van der Waals surface area contributed by atoms with Crippen LogP contribution >= 0.6 is 0 Å². The number of pyridine rings is 1. The van der Waals surface area contributed by atoms with Crippen molar-refractivity contribution in [3.05, 3.63) is 69.6 Å². The van der Waals surface area contributed by atoms with Crippen LogP contribution in [0.2, 0.25) is 0 Å². The first-order valence-corrected chi connectivity index (χ1v) is 7.28. The van der Waals surface area contributed by atoms with Gasteiger partial charge in [-0.05, 0) is 31.4 Å². The Hall–Kier alpha value is -2.40. The standard InChI is InChI=1S/C17H20N2O3/c1-12-14(9-10-16(21)18-12)17(22)19-15(8-5-11-20)13-6-3-2-4-7-13/h2-4,6-7,9-10,15,20H,5,8,11H2,1H3,(H,18,21)(H,19,22). The van der Waals surface area contributed by atoms with Gasteiger partial charge in [0.2, 0.25) is 5.56 Å². The van der Waals surface area contributed by atoms with E-state index in [2.05, 4.69) is 10.3 Å². The van der Waals surface area contributed by atoms with Crippen molar-refractivity contribution in [3.63, 3.8) is 0 Å². The molecule has 0 aliphatic rings. The van der Waals surface area contributed by atoms with E-state index in [-0.39, 0.29) is 24.1 Å². The summed E-state index contributed by atoms with van der Waals surface area (Å²) in [6, 6.07) is 12.3. The summed E-state index contributed by atoms with van der Waals surface area (Å²) in [7, 11) is 0. The summed E-state index contributed by atoms with van der Waals surface area (Å²) in [6.07, 6.45) is 1.25. The molecular formula is C17H20N2O3. The molecule has 22 heavy (non-hydrogen) atoms. The predicted octanol–water partition coefficient (Wildman–Crippen LogP) is 1.93. The molecule has 0 saturated heterocycles. The van der Waals surface area contributed by atoms with Gasteiger partial charge in [-0.1, -0.05) is 30.3 Å². The molecule has 1 aromatic carbocycles. The number of hydrogen-bond donors (Lipinski definition) is 3. The summed E-state index contributed by atoms with van der Waals surface area (Å²) >= 11 is 0. The van der Waals surface area contributed by atoms with Crippen LogP contribution in [-0.4, -0.2) is 22.6 Å². The molecule has 1 unspecified atom stereocenters. The fourth-order valence-corrected chi connectivity index (χ4v) is 2.36. The number of benzene rings is 1. The highest BCUT2D eigenvalue weighted by molar-refractivity contribution is 5.95. The summed E-state index contributed by atoms with van der Waals surface area (Å²) in [4.78, 5) is 26.3. The highest BCUT2D eigenvalue weighted by Crippen LogP contribution is 2.19. The Kier molecular flexibility index (Phi) is 5.49. The maximum Gasteiger partial charge on any atom is 0.253 e. The largest absolute Gasteiger partial charge is 0.396 e. The Bertz CT molecular complexity index is 680. The second-order valence-corrected chi connectivity index (χ2v) is 5.16. The topological polar surface area (TPSA) is 82.2 Å². The van der Waals surface area contributed by atoms with Crippen molar-refractivity contribution >= 4 is 5.91 Å². The van der Waals surface area contributed by atoms with Gasteiger partial charge in [0.15, 0.2) is 0 Å². The summed E-state index contributed by atoms with van der Waals surface area (Å²) in [6.45, 7) is 1.78. The van der Waals surface area contributed by atoms with Gasteiger partial charge >= 0.3 is 0 Å². The molecule has 5 heteroatoms. The van der Waals surface area contributed by atoms with E-state index >= 15 is 0 Å². The van der Waals surface area contributed by atoms with E-state index in [0.717, 1.165) is 5.56 Å². The van der Waals surface area contributed by atoms with Crippen molar-refractivity contribution in [2.45, 2.75) is 25.8 Å². The van der Waals surface area contributed by atoms with Gasteiger partial charge in [-0.15, -0.1) is 0 Å². The molecule has 0 radical (unpaired) electrons. The monoisotopic (exact) mass is 300 g/mol. The first-order valence-electron chi connectivity index (χ1n) is 7.28. The third-order valence-corrected chi connectivity index (χ3v) is 3.52. The van der Waals surface area contributed by atoms with Crippen LogP contribution in [0, 0.1) is 6.92 Å². The minimum Gasteiger partial charge on any atom is -0.396 e. The third kappa shape index (κ3) is 4.05. The van der Waals surface area contributed by atoms with Crippen LogP contribution < -0.4 is 10.9 Å².